The molecule has 192 valence electrons. The molecule has 7 heteroatoms. The minimum absolute atomic E-state index is 0.0552. The van der Waals surface area contributed by atoms with E-state index >= 15 is 0 Å². The van der Waals surface area contributed by atoms with Crippen molar-refractivity contribution in [3.05, 3.63) is 138 Å². The van der Waals surface area contributed by atoms with Gasteiger partial charge in [-0.2, -0.15) is 0 Å². The predicted molar refractivity (Wildman–Crippen MR) is 144 cm³/mol. The molecule has 2 N–H and O–H groups in total. The number of hydrogen-bond donors (Lipinski definition) is 2. The Morgan fingerprint density at radius 1 is 0.658 bits per heavy atom. The molecule has 2 atom stereocenters. The van der Waals surface area contributed by atoms with Crippen molar-refractivity contribution < 1.29 is 19.1 Å². The van der Waals surface area contributed by atoms with Crippen LogP contribution in [0.2, 0.25) is 0 Å². The molecule has 1 aromatic heterocycles. The van der Waals surface area contributed by atoms with E-state index in [9.17, 15) is 14.4 Å². The topological polar surface area (TPSA) is 97.4 Å². The summed E-state index contributed by atoms with van der Waals surface area (Å²) in [6.45, 7) is -0.0552. The van der Waals surface area contributed by atoms with Gasteiger partial charge in [-0.1, -0.05) is 78.9 Å². The molecule has 0 aliphatic heterocycles. The summed E-state index contributed by atoms with van der Waals surface area (Å²) in [6, 6.07) is 29.8. The molecule has 0 spiro atoms. The van der Waals surface area contributed by atoms with Crippen LogP contribution in [0.15, 0.2) is 116 Å². The van der Waals surface area contributed by atoms with E-state index < -0.39 is 24.0 Å². The van der Waals surface area contributed by atoms with Gasteiger partial charge in [0.05, 0.1) is 11.6 Å². The molecule has 0 saturated heterocycles. The normalized spacial score (nSPS) is 12.1. The minimum Gasteiger partial charge on any atom is -0.462 e. The summed E-state index contributed by atoms with van der Waals surface area (Å²) in [4.78, 5) is 42.9. The molecule has 2 amide bonds. The summed E-state index contributed by atoms with van der Waals surface area (Å²) < 4.78 is 5.70. The maximum absolute atomic E-state index is 13.3. The van der Waals surface area contributed by atoms with Gasteiger partial charge in [0.2, 0.25) is 0 Å². The van der Waals surface area contributed by atoms with E-state index in [2.05, 4.69) is 15.6 Å². The smallest absolute Gasteiger partial charge is 0.329 e. The van der Waals surface area contributed by atoms with Crippen LogP contribution in [0.1, 0.15) is 31.8 Å². The van der Waals surface area contributed by atoms with Crippen LogP contribution in [-0.2, 0) is 22.4 Å². The number of rotatable bonds is 11. The van der Waals surface area contributed by atoms with E-state index in [0.29, 0.717) is 17.5 Å². The predicted octanol–water partition coefficient (Wildman–Crippen LogP) is 4.01. The van der Waals surface area contributed by atoms with Crippen molar-refractivity contribution in [1.29, 1.82) is 0 Å². The summed E-state index contributed by atoms with van der Waals surface area (Å²) in [5.41, 5.74) is 2.73. The number of nitrogens with one attached hydrogen (secondary N) is 2. The zero-order valence-corrected chi connectivity index (χ0v) is 20.8. The Hall–Kier alpha value is -4.78. The van der Waals surface area contributed by atoms with E-state index in [-0.39, 0.29) is 18.9 Å². The third-order valence-corrected chi connectivity index (χ3v) is 5.92. The fraction of sp³-hybridized carbons (Fsp3) is 0.161. The fourth-order valence-corrected chi connectivity index (χ4v) is 3.97. The Balaban J connectivity index is 1.47. The van der Waals surface area contributed by atoms with Crippen molar-refractivity contribution in [2.75, 3.05) is 6.61 Å². The lowest BCUT2D eigenvalue weighted by molar-refractivity contribution is -0.146. The Labute approximate surface area is 221 Å². The van der Waals surface area contributed by atoms with E-state index in [4.69, 9.17) is 4.74 Å². The van der Waals surface area contributed by atoms with Crippen LogP contribution in [0.5, 0.6) is 0 Å². The van der Waals surface area contributed by atoms with E-state index in [1.165, 1.54) is 6.20 Å². The number of aromatic nitrogens is 1. The van der Waals surface area contributed by atoms with Crippen molar-refractivity contribution in [3.63, 3.8) is 0 Å². The molecule has 38 heavy (non-hydrogen) atoms. The van der Waals surface area contributed by atoms with Gasteiger partial charge in [-0.05, 0) is 41.8 Å². The largest absolute Gasteiger partial charge is 0.462 e. The van der Waals surface area contributed by atoms with Gasteiger partial charge in [-0.15, -0.1) is 0 Å². The van der Waals surface area contributed by atoms with Crippen molar-refractivity contribution in [3.8, 4) is 0 Å². The molecule has 0 bridgehead atoms. The van der Waals surface area contributed by atoms with E-state index in [0.717, 1.165) is 11.1 Å². The van der Waals surface area contributed by atoms with Crippen molar-refractivity contribution in [2.24, 2.45) is 0 Å². The van der Waals surface area contributed by atoms with Crippen LogP contribution in [0, 0.1) is 0 Å². The number of carbonyl (C=O) groups excluding carboxylic acids is 3. The molecular formula is C31H29N3O4. The molecule has 1 heterocycles. The summed E-state index contributed by atoms with van der Waals surface area (Å²) in [5, 5.41) is 5.76. The zero-order valence-electron chi connectivity index (χ0n) is 20.8. The lowest BCUT2D eigenvalue weighted by atomic mass is 10.0. The van der Waals surface area contributed by atoms with E-state index in [1.54, 1.807) is 42.6 Å². The van der Waals surface area contributed by atoms with Crippen LogP contribution < -0.4 is 10.6 Å². The maximum atomic E-state index is 13.3. The first-order chi connectivity index (χ1) is 18.6. The van der Waals surface area contributed by atoms with Gasteiger partial charge in [0.15, 0.2) is 0 Å². The molecule has 7 nitrogen and oxygen atoms in total. The number of pyridine rings is 1. The molecule has 0 aliphatic carbocycles. The van der Waals surface area contributed by atoms with Gasteiger partial charge >= 0.3 is 5.97 Å². The van der Waals surface area contributed by atoms with Crippen LogP contribution in [0.25, 0.3) is 0 Å². The number of nitrogens with zero attached hydrogens (tertiary/aromatic N) is 1. The first-order valence-electron chi connectivity index (χ1n) is 12.4. The highest BCUT2D eigenvalue weighted by Gasteiger charge is 2.25. The van der Waals surface area contributed by atoms with Gasteiger partial charge in [0.1, 0.15) is 12.6 Å². The number of ether oxygens (including phenoxy) is 1. The SMILES string of the molecule is O=C(N[C@@H](COC(=O)[C@@H](Cc1ccccc1)NC(=O)c1cccnc1)Cc1ccccc1)c1ccccc1. The van der Waals surface area contributed by atoms with Crippen LogP contribution in [0.4, 0.5) is 0 Å². The summed E-state index contributed by atoms with van der Waals surface area (Å²) in [6.07, 6.45) is 3.74. The zero-order chi connectivity index (χ0) is 26.6. The third kappa shape index (κ3) is 7.86. The van der Waals surface area contributed by atoms with Crippen molar-refractivity contribution in [2.45, 2.75) is 24.9 Å². The number of benzene rings is 3. The second-order valence-corrected chi connectivity index (χ2v) is 8.81. The fourth-order valence-electron chi connectivity index (χ4n) is 3.97. The standard InChI is InChI=1S/C31H29N3O4/c35-29(25-15-8-3-9-16-25)33-27(19-23-11-4-1-5-12-23)22-38-31(37)28(20-24-13-6-2-7-14-24)34-30(36)26-17-10-18-32-21-26/h1-18,21,27-28H,19-20,22H2,(H,33,35)(H,34,36)/t27-,28-/m1/s1. The van der Waals surface area contributed by atoms with E-state index in [1.807, 2.05) is 66.7 Å². The summed E-state index contributed by atoms with van der Waals surface area (Å²) >= 11 is 0. The molecule has 0 saturated carbocycles. The van der Waals surface area contributed by atoms with Gasteiger partial charge < -0.3 is 15.4 Å². The molecule has 0 aliphatic rings. The average Bonchev–Trinajstić information content (AvgIpc) is 2.97. The lowest BCUT2D eigenvalue weighted by Crippen LogP contribution is -2.46. The highest BCUT2D eigenvalue weighted by atomic mass is 16.5. The second-order valence-electron chi connectivity index (χ2n) is 8.81. The Morgan fingerprint density at radius 2 is 1.21 bits per heavy atom. The monoisotopic (exact) mass is 507 g/mol. The molecule has 0 radical (unpaired) electrons. The van der Waals surface area contributed by atoms with Crippen molar-refractivity contribution >= 4 is 17.8 Å². The quantitative estimate of drug-likeness (QED) is 0.299. The maximum Gasteiger partial charge on any atom is 0.329 e. The van der Waals surface area contributed by atoms with Crippen LogP contribution >= 0.6 is 0 Å². The molecule has 3 aromatic carbocycles. The summed E-state index contributed by atoms with van der Waals surface area (Å²) in [5.74, 6) is -1.26. The average molecular weight is 508 g/mol. The molecule has 4 aromatic rings. The van der Waals surface area contributed by atoms with Gasteiger partial charge in [0, 0.05) is 24.4 Å². The molecule has 0 fully saturated rings. The number of amides is 2. The Bertz CT molecular complexity index is 1320. The van der Waals surface area contributed by atoms with Gasteiger partial charge in [-0.3, -0.25) is 14.6 Å². The lowest BCUT2D eigenvalue weighted by Gasteiger charge is -2.22. The molecule has 4 rings (SSSR count). The summed E-state index contributed by atoms with van der Waals surface area (Å²) in [7, 11) is 0. The Morgan fingerprint density at radius 3 is 1.82 bits per heavy atom. The van der Waals surface area contributed by atoms with Gasteiger partial charge in [-0.25, -0.2) is 4.79 Å². The highest BCUT2D eigenvalue weighted by Crippen LogP contribution is 2.10. The first kappa shape index (κ1) is 26.3. The molecule has 0 unspecified atom stereocenters. The van der Waals surface area contributed by atoms with Crippen LogP contribution in [-0.4, -0.2) is 41.5 Å². The van der Waals surface area contributed by atoms with Crippen LogP contribution in [0.3, 0.4) is 0 Å². The Kier molecular flexibility index (Phi) is 9.34. The van der Waals surface area contributed by atoms with Gasteiger partial charge in [0.25, 0.3) is 11.8 Å². The second kappa shape index (κ2) is 13.5. The number of carbonyl (C=O) groups is 3. The molecular weight excluding hydrogens is 478 g/mol. The number of hydrogen-bond acceptors (Lipinski definition) is 5. The van der Waals surface area contributed by atoms with Crippen molar-refractivity contribution in [1.82, 2.24) is 15.6 Å². The minimum atomic E-state index is -0.924. The highest BCUT2D eigenvalue weighted by molar-refractivity contribution is 5.96. The third-order valence-electron chi connectivity index (χ3n) is 5.92. The first-order valence-corrected chi connectivity index (χ1v) is 12.4. The number of esters is 1.